The minimum atomic E-state index is -0.625. The van der Waals surface area contributed by atoms with Crippen LogP contribution in [0.4, 0.5) is 10.1 Å². The van der Waals surface area contributed by atoms with Gasteiger partial charge < -0.3 is 10.7 Å². The molecule has 0 atom stereocenters. The Morgan fingerprint density at radius 1 is 1.14 bits per heavy atom. The van der Waals surface area contributed by atoms with Gasteiger partial charge in [0.05, 0.1) is 16.6 Å². The van der Waals surface area contributed by atoms with E-state index >= 15 is 0 Å². The molecule has 6 heteroatoms. The zero-order valence-corrected chi connectivity index (χ0v) is 11.2. The summed E-state index contributed by atoms with van der Waals surface area (Å²) >= 11 is 0. The van der Waals surface area contributed by atoms with Crippen LogP contribution in [0.2, 0.25) is 0 Å². The van der Waals surface area contributed by atoms with E-state index in [1.54, 1.807) is 31.2 Å². The number of nitrogens with zero attached hydrogens (tertiary/aromatic N) is 1. The van der Waals surface area contributed by atoms with Gasteiger partial charge in [0.1, 0.15) is 5.82 Å². The highest BCUT2D eigenvalue weighted by Crippen LogP contribution is 2.14. The average molecular weight is 285 g/mol. The van der Waals surface area contributed by atoms with Crippen LogP contribution in [0.1, 0.15) is 5.56 Å². The average Bonchev–Trinajstić information content (AvgIpc) is 2.43. The van der Waals surface area contributed by atoms with Gasteiger partial charge in [-0.3, -0.25) is 4.79 Å². The molecule has 3 N–H and O–H groups in total. The fourth-order valence-electron chi connectivity index (χ4n) is 2.20. The number of anilines is 1. The van der Waals surface area contributed by atoms with E-state index < -0.39 is 17.1 Å². The third-order valence-corrected chi connectivity index (χ3v) is 3.33. The number of hydrogen-bond donors (Lipinski definition) is 2. The van der Waals surface area contributed by atoms with Gasteiger partial charge in [-0.05, 0) is 48.9 Å². The number of fused-ring (bicyclic) bond motifs is 1. The van der Waals surface area contributed by atoms with Crippen LogP contribution in [0.5, 0.6) is 0 Å². The van der Waals surface area contributed by atoms with Crippen molar-refractivity contribution in [3.8, 4) is 5.69 Å². The van der Waals surface area contributed by atoms with Crippen molar-refractivity contribution in [3.63, 3.8) is 0 Å². The molecule has 0 spiro atoms. The summed E-state index contributed by atoms with van der Waals surface area (Å²) in [6.07, 6.45) is 0. The van der Waals surface area contributed by atoms with E-state index in [1.165, 1.54) is 6.07 Å². The maximum absolute atomic E-state index is 13.5. The predicted octanol–water partition coefficient (Wildman–Crippen LogP) is 1.71. The molecular weight excluding hydrogens is 273 g/mol. The summed E-state index contributed by atoms with van der Waals surface area (Å²) in [7, 11) is 0. The van der Waals surface area contributed by atoms with Gasteiger partial charge in [-0.15, -0.1) is 0 Å². The Kier molecular flexibility index (Phi) is 2.86. The summed E-state index contributed by atoms with van der Waals surface area (Å²) in [5.74, 6) is -0.470. The first kappa shape index (κ1) is 13.1. The molecule has 106 valence electrons. The van der Waals surface area contributed by atoms with E-state index in [0.717, 1.165) is 10.6 Å². The number of aromatic amines is 1. The lowest BCUT2D eigenvalue weighted by Gasteiger charge is -2.07. The van der Waals surface area contributed by atoms with Crippen LogP contribution in [0.25, 0.3) is 16.6 Å². The minimum Gasteiger partial charge on any atom is -0.399 e. The van der Waals surface area contributed by atoms with Crippen LogP contribution in [0.15, 0.2) is 46.0 Å². The van der Waals surface area contributed by atoms with Crippen molar-refractivity contribution in [2.75, 3.05) is 5.73 Å². The Morgan fingerprint density at radius 2 is 1.81 bits per heavy atom. The second kappa shape index (κ2) is 4.59. The molecule has 0 aliphatic heterocycles. The molecule has 0 radical (unpaired) electrons. The highest BCUT2D eigenvalue weighted by Gasteiger charge is 2.11. The van der Waals surface area contributed by atoms with Gasteiger partial charge in [0.15, 0.2) is 0 Å². The lowest BCUT2D eigenvalue weighted by atomic mass is 10.1. The molecule has 3 rings (SSSR count). The fourth-order valence-corrected chi connectivity index (χ4v) is 2.20. The van der Waals surface area contributed by atoms with Crippen LogP contribution in [-0.4, -0.2) is 9.55 Å². The Hall–Kier alpha value is -2.89. The molecule has 1 aromatic heterocycles. The lowest BCUT2D eigenvalue weighted by molar-refractivity contribution is 0.620. The number of H-pyrrole nitrogens is 1. The van der Waals surface area contributed by atoms with Crippen molar-refractivity contribution in [1.82, 2.24) is 9.55 Å². The van der Waals surface area contributed by atoms with Crippen LogP contribution < -0.4 is 17.0 Å². The number of nitrogens with one attached hydrogen (secondary N) is 1. The van der Waals surface area contributed by atoms with Crippen LogP contribution in [-0.2, 0) is 0 Å². The van der Waals surface area contributed by atoms with Gasteiger partial charge in [-0.2, -0.15) is 0 Å². The zero-order valence-electron chi connectivity index (χ0n) is 11.2. The molecule has 0 amide bonds. The summed E-state index contributed by atoms with van der Waals surface area (Å²) in [5, 5.41) is 0.255. The monoisotopic (exact) mass is 285 g/mol. The summed E-state index contributed by atoms with van der Waals surface area (Å²) < 4.78 is 14.5. The van der Waals surface area contributed by atoms with E-state index in [9.17, 15) is 14.0 Å². The van der Waals surface area contributed by atoms with Crippen LogP contribution in [0.3, 0.4) is 0 Å². The second-order valence-electron chi connectivity index (χ2n) is 4.81. The van der Waals surface area contributed by atoms with E-state index in [1.807, 2.05) is 0 Å². The highest BCUT2D eigenvalue weighted by molar-refractivity contribution is 5.78. The van der Waals surface area contributed by atoms with E-state index in [0.29, 0.717) is 16.9 Å². The van der Waals surface area contributed by atoms with Gasteiger partial charge in [-0.25, -0.2) is 13.8 Å². The van der Waals surface area contributed by atoms with Crippen molar-refractivity contribution in [3.05, 3.63) is 68.6 Å². The molecule has 21 heavy (non-hydrogen) atoms. The first-order valence-corrected chi connectivity index (χ1v) is 6.28. The van der Waals surface area contributed by atoms with Crippen molar-refractivity contribution >= 4 is 16.6 Å². The van der Waals surface area contributed by atoms with Gasteiger partial charge in [0.25, 0.3) is 5.56 Å². The number of rotatable bonds is 1. The maximum atomic E-state index is 13.5. The Bertz CT molecular complexity index is 956. The molecule has 1 heterocycles. The molecule has 2 aromatic carbocycles. The summed E-state index contributed by atoms with van der Waals surface area (Å²) in [5.41, 5.74) is 5.93. The van der Waals surface area contributed by atoms with Crippen molar-refractivity contribution in [1.29, 1.82) is 0 Å². The molecule has 0 saturated carbocycles. The third kappa shape index (κ3) is 2.10. The van der Waals surface area contributed by atoms with Crippen LogP contribution in [0, 0.1) is 12.7 Å². The fraction of sp³-hybridized carbons (Fsp3) is 0.0667. The molecule has 0 unspecified atom stereocenters. The Morgan fingerprint density at radius 3 is 2.48 bits per heavy atom. The number of aromatic nitrogens is 2. The summed E-state index contributed by atoms with van der Waals surface area (Å²) in [4.78, 5) is 27.1. The van der Waals surface area contributed by atoms with Crippen LogP contribution >= 0.6 is 0 Å². The smallest absolute Gasteiger partial charge is 0.333 e. The lowest BCUT2D eigenvalue weighted by Crippen LogP contribution is -2.33. The van der Waals surface area contributed by atoms with Crippen molar-refractivity contribution < 1.29 is 4.39 Å². The van der Waals surface area contributed by atoms with Gasteiger partial charge >= 0.3 is 5.69 Å². The first-order valence-electron chi connectivity index (χ1n) is 6.28. The number of nitrogens with two attached hydrogens (primary N) is 1. The molecule has 0 aliphatic carbocycles. The quantitative estimate of drug-likeness (QED) is 0.668. The number of benzene rings is 2. The zero-order chi connectivity index (χ0) is 15.1. The van der Waals surface area contributed by atoms with Crippen molar-refractivity contribution in [2.45, 2.75) is 6.92 Å². The number of halogens is 1. The van der Waals surface area contributed by atoms with Gasteiger partial charge in [0, 0.05) is 5.69 Å². The third-order valence-electron chi connectivity index (χ3n) is 3.33. The topological polar surface area (TPSA) is 80.9 Å². The first-order chi connectivity index (χ1) is 9.97. The SMILES string of the molecule is Cc1cc2c(=O)n(-c3ccc(N)cc3)c(=O)[nH]c2cc1F. The standard InChI is InChI=1S/C15H12FN3O2/c1-8-6-11-13(7-12(8)16)18-15(21)19(14(11)20)10-4-2-9(17)3-5-10/h2-7H,17H2,1H3,(H,18,21). The van der Waals surface area contributed by atoms with Gasteiger partial charge in [-0.1, -0.05) is 0 Å². The number of nitrogen functional groups attached to an aromatic ring is 1. The second-order valence-corrected chi connectivity index (χ2v) is 4.81. The molecule has 0 saturated heterocycles. The molecule has 0 aliphatic rings. The van der Waals surface area contributed by atoms with Gasteiger partial charge in [0.2, 0.25) is 0 Å². The Labute approximate surface area is 118 Å². The van der Waals surface area contributed by atoms with Crippen molar-refractivity contribution in [2.24, 2.45) is 0 Å². The minimum absolute atomic E-state index is 0.180. The molecule has 3 aromatic rings. The highest BCUT2D eigenvalue weighted by atomic mass is 19.1. The summed E-state index contributed by atoms with van der Waals surface area (Å²) in [6.45, 7) is 1.56. The molecular formula is C15H12FN3O2. The van der Waals surface area contributed by atoms with E-state index in [4.69, 9.17) is 5.73 Å². The molecule has 0 bridgehead atoms. The van der Waals surface area contributed by atoms with E-state index in [-0.39, 0.29) is 10.9 Å². The predicted molar refractivity (Wildman–Crippen MR) is 79.3 cm³/mol. The normalized spacial score (nSPS) is 11.0. The Balaban J connectivity index is 2.39. The number of hydrogen-bond acceptors (Lipinski definition) is 3. The maximum Gasteiger partial charge on any atom is 0.333 e. The van der Waals surface area contributed by atoms with E-state index in [2.05, 4.69) is 4.98 Å². The molecule has 0 fully saturated rings. The molecule has 5 nitrogen and oxygen atoms in total. The largest absolute Gasteiger partial charge is 0.399 e. The summed E-state index contributed by atoms with van der Waals surface area (Å²) in [6, 6.07) is 8.93. The number of aryl methyl sites for hydroxylation is 1.